The summed E-state index contributed by atoms with van der Waals surface area (Å²) in [4.78, 5) is 5.24. The molecule has 0 atom stereocenters. The Kier molecular flexibility index (Phi) is 2.99. The van der Waals surface area contributed by atoms with Crippen molar-refractivity contribution in [1.82, 2.24) is 14.6 Å². The van der Waals surface area contributed by atoms with Gasteiger partial charge in [0.2, 0.25) is 4.96 Å². The van der Waals surface area contributed by atoms with E-state index in [0.717, 1.165) is 29.6 Å². The molecule has 1 aliphatic rings. The van der Waals surface area contributed by atoms with Gasteiger partial charge in [-0.15, -0.1) is 0 Å². The number of thiocyanates is 1. The fourth-order valence-electron chi connectivity index (χ4n) is 2.27. The fourth-order valence-corrected chi connectivity index (χ4v) is 3.95. The van der Waals surface area contributed by atoms with E-state index in [1.165, 1.54) is 23.5 Å². The fraction of sp³-hybridized carbons (Fsp3) is 0.214. The van der Waals surface area contributed by atoms with Gasteiger partial charge in [0.15, 0.2) is 0 Å². The minimum absolute atomic E-state index is 0.0223. The van der Waals surface area contributed by atoms with Crippen molar-refractivity contribution in [3.05, 3.63) is 23.2 Å². The Morgan fingerprint density at radius 1 is 1.36 bits per heavy atom. The Labute approximate surface area is 133 Å². The molecule has 1 aliphatic carbocycles. The molecule has 4 rings (SSSR count). The first-order valence-electron chi connectivity index (χ1n) is 6.65. The van der Waals surface area contributed by atoms with Crippen molar-refractivity contribution in [3.63, 3.8) is 0 Å². The van der Waals surface area contributed by atoms with E-state index in [1.807, 2.05) is 5.40 Å². The van der Waals surface area contributed by atoms with Crippen LogP contribution in [0, 0.1) is 10.7 Å². The number of aromatic hydroxyl groups is 2. The molecule has 0 amide bonds. The summed E-state index contributed by atoms with van der Waals surface area (Å²) in [5, 5.41) is 36.7. The van der Waals surface area contributed by atoms with Gasteiger partial charge in [0.05, 0.1) is 0 Å². The number of nitriles is 1. The summed E-state index contributed by atoms with van der Waals surface area (Å²) in [6, 6.07) is 4.32. The average molecular weight is 330 g/mol. The van der Waals surface area contributed by atoms with Crippen LogP contribution in [0.4, 0.5) is 0 Å². The van der Waals surface area contributed by atoms with Crippen molar-refractivity contribution in [1.29, 1.82) is 5.26 Å². The zero-order chi connectivity index (χ0) is 15.3. The number of hydrogen-bond acceptors (Lipinski definition) is 7. The lowest BCUT2D eigenvalue weighted by Crippen LogP contribution is -1.89. The lowest BCUT2D eigenvalue weighted by Gasteiger charge is -2.03. The van der Waals surface area contributed by atoms with Crippen LogP contribution in [0.1, 0.15) is 23.8 Å². The second-order valence-electron chi connectivity index (χ2n) is 5.07. The van der Waals surface area contributed by atoms with Gasteiger partial charge in [-0.1, -0.05) is 11.3 Å². The quantitative estimate of drug-likeness (QED) is 0.565. The molecule has 0 bridgehead atoms. The van der Waals surface area contributed by atoms with Gasteiger partial charge in [0.25, 0.3) is 0 Å². The molecule has 0 unspecified atom stereocenters. The maximum atomic E-state index is 10.0. The highest BCUT2D eigenvalue weighted by Crippen LogP contribution is 2.44. The molecule has 1 saturated carbocycles. The van der Waals surface area contributed by atoms with Gasteiger partial charge in [-0.2, -0.15) is 14.9 Å². The summed E-state index contributed by atoms with van der Waals surface area (Å²) in [6.07, 6.45) is 2.31. The molecule has 2 N–H and O–H groups in total. The number of rotatable bonds is 3. The Morgan fingerprint density at radius 3 is 2.86 bits per heavy atom. The SMILES string of the molecule is N#CSc1c(-c2ccc(O)cc2O)nc2sc(C3CC3)nn12. The predicted octanol–water partition coefficient (Wildman–Crippen LogP) is 3.32. The molecule has 1 aromatic carbocycles. The van der Waals surface area contributed by atoms with Crippen LogP contribution in [0.25, 0.3) is 16.2 Å². The molecular weight excluding hydrogens is 320 g/mol. The highest BCUT2D eigenvalue weighted by molar-refractivity contribution is 8.03. The van der Waals surface area contributed by atoms with Gasteiger partial charge in [-0.25, -0.2) is 4.98 Å². The molecule has 3 aromatic rings. The third-order valence-corrected chi connectivity index (χ3v) is 5.21. The number of imidazole rings is 1. The van der Waals surface area contributed by atoms with E-state index in [0.29, 0.717) is 27.2 Å². The van der Waals surface area contributed by atoms with E-state index in [4.69, 9.17) is 5.26 Å². The lowest BCUT2D eigenvalue weighted by molar-refractivity contribution is 0.451. The second kappa shape index (κ2) is 4.90. The Bertz CT molecular complexity index is 921. The van der Waals surface area contributed by atoms with Gasteiger partial charge in [-0.3, -0.25) is 0 Å². The summed E-state index contributed by atoms with van der Waals surface area (Å²) in [7, 11) is 0. The summed E-state index contributed by atoms with van der Waals surface area (Å²) in [5.74, 6) is 0.427. The molecule has 6 nitrogen and oxygen atoms in total. The highest BCUT2D eigenvalue weighted by Gasteiger charge is 2.29. The van der Waals surface area contributed by atoms with Gasteiger partial charge >= 0.3 is 0 Å². The Balaban J connectivity index is 1.91. The van der Waals surface area contributed by atoms with Crippen LogP contribution in [0.15, 0.2) is 23.2 Å². The first-order valence-corrected chi connectivity index (χ1v) is 8.28. The van der Waals surface area contributed by atoms with E-state index in [-0.39, 0.29) is 11.5 Å². The van der Waals surface area contributed by atoms with Crippen molar-refractivity contribution < 1.29 is 10.2 Å². The van der Waals surface area contributed by atoms with Crippen LogP contribution in [0.5, 0.6) is 11.5 Å². The van der Waals surface area contributed by atoms with E-state index < -0.39 is 0 Å². The number of aromatic nitrogens is 3. The second-order valence-corrected chi connectivity index (χ2v) is 6.83. The van der Waals surface area contributed by atoms with Crippen molar-refractivity contribution in [3.8, 4) is 28.2 Å². The summed E-state index contributed by atoms with van der Waals surface area (Å²) in [5.41, 5.74) is 0.978. The van der Waals surface area contributed by atoms with E-state index >= 15 is 0 Å². The monoisotopic (exact) mass is 330 g/mol. The largest absolute Gasteiger partial charge is 0.508 e. The van der Waals surface area contributed by atoms with Gasteiger partial charge in [0, 0.05) is 29.3 Å². The highest BCUT2D eigenvalue weighted by atomic mass is 32.2. The van der Waals surface area contributed by atoms with E-state index in [1.54, 1.807) is 10.6 Å². The molecule has 0 saturated heterocycles. The maximum Gasteiger partial charge on any atom is 0.213 e. The number of fused-ring (bicyclic) bond motifs is 1. The van der Waals surface area contributed by atoms with Crippen molar-refractivity contribution in [2.75, 3.05) is 0 Å². The zero-order valence-electron chi connectivity index (χ0n) is 11.2. The minimum Gasteiger partial charge on any atom is -0.508 e. The number of nitrogens with zero attached hydrogens (tertiary/aromatic N) is 4. The first-order chi connectivity index (χ1) is 10.7. The van der Waals surface area contributed by atoms with Crippen LogP contribution in [0.2, 0.25) is 0 Å². The van der Waals surface area contributed by atoms with Crippen molar-refractivity contribution >= 4 is 28.1 Å². The molecule has 2 aromatic heterocycles. The summed E-state index contributed by atoms with van der Waals surface area (Å²) < 4.78 is 1.67. The lowest BCUT2D eigenvalue weighted by atomic mass is 10.1. The summed E-state index contributed by atoms with van der Waals surface area (Å²) >= 11 is 2.49. The van der Waals surface area contributed by atoms with Gasteiger partial charge in [0.1, 0.15) is 32.6 Å². The molecule has 1 fully saturated rings. The van der Waals surface area contributed by atoms with Crippen LogP contribution < -0.4 is 0 Å². The molecule has 110 valence electrons. The molecular formula is C14H10N4O2S2. The van der Waals surface area contributed by atoms with Crippen LogP contribution in [0.3, 0.4) is 0 Å². The topological polar surface area (TPSA) is 94.4 Å². The first kappa shape index (κ1) is 13.4. The molecule has 0 aliphatic heterocycles. The van der Waals surface area contributed by atoms with Crippen LogP contribution >= 0.6 is 23.1 Å². The van der Waals surface area contributed by atoms with Crippen LogP contribution in [-0.4, -0.2) is 24.8 Å². The molecule has 2 heterocycles. The van der Waals surface area contributed by atoms with Crippen molar-refractivity contribution in [2.24, 2.45) is 0 Å². The van der Waals surface area contributed by atoms with Gasteiger partial charge in [-0.05, 0) is 25.0 Å². The van der Waals surface area contributed by atoms with Gasteiger partial charge < -0.3 is 10.2 Å². The minimum atomic E-state index is -0.0760. The predicted molar refractivity (Wildman–Crippen MR) is 83.1 cm³/mol. The number of hydrogen-bond donors (Lipinski definition) is 2. The molecule has 0 spiro atoms. The molecule has 0 radical (unpaired) electrons. The Morgan fingerprint density at radius 2 is 2.18 bits per heavy atom. The standard InChI is InChI=1S/C14H10N4O2S2/c15-6-21-13-11(9-4-3-8(19)5-10(9)20)16-14-18(13)17-12(22-14)7-1-2-7/h3-5,7,19-20H,1-2H2. The molecule has 8 heteroatoms. The number of phenols is 2. The van der Waals surface area contributed by atoms with E-state index in [2.05, 4.69) is 10.1 Å². The van der Waals surface area contributed by atoms with Crippen LogP contribution in [-0.2, 0) is 0 Å². The molecule has 22 heavy (non-hydrogen) atoms. The third kappa shape index (κ3) is 2.10. The number of benzene rings is 1. The normalized spacial score (nSPS) is 14.3. The zero-order valence-corrected chi connectivity index (χ0v) is 12.9. The van der Waals surface area contributed by atoms with Crippen molar-refractivity contribution in [2.45, 2.75) is 23.8 Å². The smallest absolute Gasteiger partial charge is 0.213 e. The number of thioether (sulfide) groups is 1. The average Bonchev–Trinajstić information content (AvgIpc) is 3.17. The Hall–Kier alpha value is -2.24. The number of phenolic OH excluding ortho intramolecular Hbond substituents is 2. The maximum absolute atomic E-state index is 10.0. The third-order valence-electron chi connectivity index (χ3n) is 3.48. The van der Waals surface area contributed by atoms with E-state index in [9.17, 15) is 10.2 Å². The summed E-state index contributed by atoms with van der Waals surface area (Å²) in [6.45, 7) is 0.